The second-order valence-electron chi connectivity index (χ2n) is 5.42. The van der Waals surface area contributed by atoms with Gasteiger partial charge in [0.25, 0.3) is 0 Å². The van der Waals surface area contributed by atoms with Gasteiger partial charge in [0.1, 0.15) is 17.5 Å². The maximum atomic E-state index is 13.6. The average Bonchev–Trinajstić information content (AvgIpc) is 2.35. The Hall–Kier alpha value is -0.550. The van der Waals surface area contributed by atoms with Crippen molar-refractivity contribution in [2.24, 2.45) is 5.92 Å². The summed E-state index contributed by atoms with van der Waals surface area (Å²) in [6, 6.07) is 1.76. The first-order valence-corrected chi connectivity index (χ1v) is 6.51. The van der Waals surface area contributed by atoms with Crippen molar-refractivity contribution in [3.8, 4) is 0 Å². The van der Waals surface area contributed by atoms with Gasteiger partial charge in [0, 0.05) is 23.7 Å². The van der Waals surface area contributed by atoms with Crippen molar-refractivity contribution < 1.29 is 13.2 Å². The van der Waals surface area contributed by atoms with Crippen molar-refractivity contribution >= 4 is 17.0 Å². The first-order chi connectivity index (χ1) is 8.63. The number of hydrogen-bond donors (Lipinski definition) is 0. The predicted octanol–water partition coefficient (Wildman–Crippen LogP) is 3.71. The minimum absolute atomic E-state index is 0. The molecule has 1 nitrogen and oxygen atoms in total. The summed E-state index contributed by atoms with van der Waals surface area (Å²) < 4.78 is 40.1. The van der Waals surface area contributed by atoms with Crippen molar-refractivity contribution in [2.75, 3.05) is 13.1 Å². The van der Waals surface area contributed by atoms with Gasteiger partial charge in [-0.05, 0) is 44.7 Å². The van der Waals surface area contributed by atoms with Gasteiger partial charge in [0.2, 0.25) is 0 Å². The molecule has 0 N–H and O–H groups in total. The normalized spacial score (nSPS) is 29.1. The highest BCUT2D eigenvalue weighted by molar-refractivity contribution is 8.93. The van der Waals surface area contributed by atoms with Gasteiger partial charge in [-0.25, -0.2) is 13.2 Å². The summed E-state index contributed by atoms with van der Waals surface area (Å²) in [7, 11) is 0. The van der Waals surface area contributed by atoms with Gasteiger partial charge in [0.15, 0.2) is 0 Å². The first-order valence-electron chi connectivity index (χ1n) is 6.51. The predicted molar refractivity (Wildman–Crippen MR) is 73.0 cm³/mol. The van der Waals surface area contributed by atoms with E-state index in [2.05, 4.69) is 4.90 Å². The number of nitrogens with zero attached hydrogens (tertiary/aromatic N) is 1. The summed E-state index contributed by atoms with van der Waals surface area (Å²) >= 11 is 0. The van der Waals surface area contributed by atoms with Crippen LogP contribution in [0.25, 0.3) is 0 Å². The van der Waals surface area contributed by atoms with E-state index in [9.17, 15) is 13.2 Å². The summed E-state index contributed by atoms with van der Waals surface area (Å²) in [5.74, 6) is -1.66. The average molecular weight is 336 g/mol. The molecule has 0 aliphatic carbocycles. The molecule has 0 amide bonds. The molecule has 2 bridgehead atoms. The molecule has 1 unspecified atom stereocenters. The lowest BCUT2D eigenvalue weighted by Crippen LogP contribution is -2.49. The maximum Gasteiger partial charge on any atom is 0.132 e. The van der Waals surface area contributed by atoms with Gasteiger partial charge in [-0.3, -0.25) is 0 Å². The van der Waals surface area contributed by atoms with E-state index in [1.165, 1.54) is 12.8 Å². The lowest BCUT2D eigenvalue weighted by Gasteiger charge is -2.45. The minimum Gasteiger partial charge on any atom is -0.300 e. The third kappa shape index (κ3) is 2.97. The lowest BCUT2D eigenvalue weighted by molar-refractivity contribution is 0.0490. The van der Waals surface area contributed by atoms with Gasteiger partial charge in [0.05, 0.1) is 0 Å². The Morgan fingerprint density at radius 1 is 1.05 bits per heavy atom. The highest BCUT2D eigenvalue weighted by Gasteiger charge is 2.34. The van der Waals surface area contributed by atoms with Crippen LogP contribution in [-0.4, -0.2) is 24.0 Å². The molecule has 5 heteroatoms. The van der Waals surface area contributed by atoms with Crippen molar-refractivity contribution in [2.45, 2.75) is 31.7 Å². The molecule has 1 aromatic rings. The van der Waals surface area contributed by atoms with Crippen LogP contribution in [0.5, 0.6) is 0 Å². The van der Waals surface area contributed by atoms with Crippen LogP contribution in [0.3, 0.4) is 0 Å². The first kappa shape index (κ1) is 14.9. The zero-order chi connectivity index (χ0) is 12.7. The molecule has 0 saturated carbocycles. The van der Waals surface area contributed by atoms with E-state index in [1.54, 1.807) is 0 Å². The molecular formula is C14H17BrF3N. The van der Waals surface area contributed by atoms with Crippen LogP contribution in [0.2, 0.25) is 0 Å². The molecule has 3 fully saturated rings. The number of fused-ring (bicyclic) bond motifs is 3. The van der Waals surface area contributed by atoms with Crippen molar-refractivity contribution in [1.82, 2.24) is 4.90 Å². The molecule has 0 spiro atoms. The van der Waals surface area contributed by atoms with Crippen LogP contribution < -0.4 is 0 Å². The van der Waals surface area contributed by atoms with E-state index in [1.807, 2.05) is 0 Å². The summed E-state index contributed by atoms with van der Waals surface area (Å²) in [6.45, 7) is 2.06. The Balaban J connectivity index is 0.00000133. The molecule has 1 atom stereocenters. The fourth-order valence-electron chi connectivity index (χ4n) is 3.30. The summed E-state index contributed by atoms with van der Waals surface area (Å²) in [5, 5.41) is 0. The van der Waals surface area contributed by atoms with Gasteiger partial charge in [-0.1, -0.05) is 0 Å². The Morgan fingerprint density at radius 2 is 1.63 bits per heavy atom. The van der Waals surface area contributed by atoms with E-state index >= 15 is 0 Å². The summed E-state index contributed by atoms with van der Waals surface area (Å²) in [4.78, 5) is 2.31. The smallest absolute Gasteiger partial charge is 0.132 e. The third-order valence-corrected chi connectivity index (χ3v) is 4.32. The van der Waals surface area contributed by atoms with E-state index in [4.69, 9.17) is 0 Å². The second-order valence-corrected chi connectivity index (χ2v) is 5.42. The molecular weight excluding hydrogens is 319 g/mol. The fourth-order valence-corrected chi connectivity index (χ4v) is 3.30. The molecule has 4 rings (SSSR count). The molecule has 3 aliphatic heterocycles. The Bertz CT molecular complexity index is 435. The molecule has 3 aliphatic rings. The molecule has 3 heterocycles. The molecule has 106 valence electrons. The monoisotopic (exact) mass is 335 g/mol. The zero-order valence-corrected chi connectivity index (χ0v) is 12.3. The van der Waals surface area contributed by atoms with Crippen LogP contribution in [0.4, 0.5) is 13.2 Å². The summed E-state index contributed by atoms with van der Waals surface area (Å²) in [5.41, 5.74) is 0.0361. The Kier molecular flexibility index (Phi) is 4.56. The van der Waals surface area contributed by atoms with Gasteiger partial charge in [-0.15, -0.1) is 17.0 Å². The molecule has 1 aromatic carbocycles. The van der Waals surface area contributed by atoms with Crippen molar-refractivity contribution in [3.05, 3.63) is 35.1 Å². The lowest BCUT2D eigenvalue weighted by atomic mass is 9.81. The van der Waals surface area contributed by atoms with Crippen LogP contribution >= 0.6 is 17.0 Å². The number of rotatable bonds is 2. The quantitative estimate of drug-likeness (QED) is 0.796. The van der Waals surface area contributed by atoms with Gasteiger partial charge >= 0.3 is 0 Å². The van der Waals surface area contributed by atoms with Crippen molar-refractivity contribution in [3.63, 3.8) is 0 Å². The molecule has 0 radical (unpaired) electrons. The van der Waals surface area contributed by atoms with Gasteiger partial charge in [-0.2, -0.15) is 0 Å². The van der Waals surface area contributed by atoms with E-state index in [0.29, 0.717) is 12.3 Å². The largest absolute Gasteiger partial charge is 0.300 e. The number of halogens is 4. The molecule has 0 aromatic heterocycles. The number of benzene rings is 1. The van der Waals surface area contributed by atoms with Crippen LogP contribution in [0.15, 0.2) is 12.1 Å². The highest BCUT2D eigenvalue weighted by Crippen LogP contribution is 2.34. The number of piperidine rings is 3. The van der Waals surface area contributed by atoms with Crippen LogP contribution in [0, 0.1) is 23.4 Å². The number of hydrogen-bond acceptors (Lipinski definition) is 1. The topological polar surface area (TPSA) is 3.24 Å². The Morgan fingerprint density at radius 3 is 2.11 bits per heavy atom. The SMILES string of the molecule is Br.Fc1cc(F)c(CC2CC3CCN2CC3)c(F)c1. The van der Waals surface area contributed by atoms with Crippen LogP contribution in [0.1, 0.15) is 24.8 Å². The summed E-state index contributed by atoms with van der Waals surface area (Å²) in [6.07, 6.45) is 3.76. The third-order valence-electron chi connectivity index (χ3n) is 4.32. The molecule has 19 heavy (non-hydrogen) atoms. The Labute approximate surface area is 121 Å². The maximum absolute atomic E-state index is 13.6. The fraction of sp³-hybridized carbons (Fsp3) is 0.571. The minimum atomic E-state index is -0.848. The van der Waals surface area contributed by atoms with Gasteiger partial charge < -0.3 is 4.90 Å². The highest BCUT2D eigenvalue weighted by atomic mass is 79.9. The van der Waals surface area contributed by atoms with E-state index < -0.39 is 17.5 Å². The zero-order valence-electron chi connectivity index (χ0n) is 10.5. The van der Waals surface area contributed by atoms with Crippen molar-refractivity contribution in [1.29, 1.82) is 0 Å². The van der Waals surface area contributed by atoms with E-state index in [0.717, 1.165) is 31.6 Å². The van der Waals surface area contributed by atoms with Crippen LogP contribution in [-0.2, 0) is 6.42 Å². The van der Waals surface area contributed by atoms with E-state index in [-0.39, 0.29) is 28.6 Å². The molecule has 3 saturated heterocycles. The standard InChI is InChI=1S/C14H16F3N.BrH/c15-10-6-13(16)12(14(17)7-10)8-11-5-9-1-3-18(11)4-2-9;/h6-7,9,11H,1-5,8H2;1H. The second kappa shape index (κ2) is 5.83.